The van der Waals surface area contributed by atoms with Gasteiger partial charge in [0.1, 0.15) is 4.32 Å². The lowest BCUT2D eigenvalue weighted by molar-refractivity contribution is -0.311. The van der Waals surface area contributed by atoms with Crippen molar-refractivity contribution in [3.8, 4) is 0 Å². The molecule has 1 aliphatic rings. The Hall–Kier alpha value is -1.73. The number of nitrogens with zero attached hydrogens (tertiary/aromatic N) is 2. The number of aliphatic carboxylic acids is 1. The second-order valence-corrected chi connectivity index (χ2v) is 6.49. The smallest absolute Gasteiger partial charge is 0.266 e. The minimum atomic E-state index is -1.31. The molecule has 7 heteroatoms. The maximum absolute atomic E-state index is 12.4. The van der Waals surface area contributed by atoms with Crippen LogP contribution in [0.3, 0.4) is 0 Å². The van der Waals surface area contributed by atoms with Gasteiger partial charge < -0.3 is 9.90 Å². The van der Waals surface area contributed by atoms with Crippen molar-refractivity contribution in [2.45, 2.75) is 19.9 Å². The van der Waals surface area contributed by atoms with Gasteiger partial charge in [-0.1, -0.05) is 43.9 Å². The molecule has 0 bridgehead atoms. The predicted octanol–water partition coefficient (Wildman–Crippen LogP) is 1.06. The highest BCUT2D eigenvalue weighted by atomic mass is 32.2. The normalized spacial score (nSPS) is 18.6. The Labute approximate surface area is 132 Å². The highest BCUT2D eigenvalue weighted by molar-refractivity contribution is 8.26. The molecule has 0 unspecified atom stereocenters. The van der Waals surface area contributed by atoms with E-state index in [4.69, 9.17) is 12.2 Å². The molecular formula is C14H13N2O3S2-. The van der Waals surface area contributed by atoms with E-state index in [1.54, 1.807) is 44.3 Å². The summed E-state index contributed by atoms with van der Waals surface area (Å²) in [6, 6.07) is 4.27. The number of thioether (sulfide) groups is 1. The lowest BCUT2D eigenvalue weighted by Crippen LogP contribution is -2.52. The van der Waals surface area contributed by atoms with Crippen molar-refractivity contribution in [2.75, 3.05) is 0 Å². The second kappa shape index (κ2) is 6.36. The lowest BCUT2D eigenvalue weighted by atomic mass is 10.0. The third kappa shape index (κ3) is 3.30. The first-order valence-electron chi connectivity index (χ1n) is 6.30. The molecule has 1 atom stereocenters. The number of pyridine rings is 1. The van der Waals surface area contributed by atoms with Crippen LogP contribution in [0.1, 0.15) is 19.5 Å². The summed E-state index contributed by atoms with van der Waals surface area (Å²) < 4.78 is 0.227. The number of carboxylic acids is 1. The standard InChI is InChI=1S/C14H14N2O3S2/c1-8(2)11(13(18)19)16-12(17)10(21-14(16)20)7-9-5-3-4-6-15-9/h3-8,11H,1-2H3,(H,18,19)/p-1/b10-7-/t11-/m1/s1. The molecule has 0 spiro atoms. The maximum Gasteiger partial charge on any atom is 0.266 e. The van der Waals surface area contributed by atoms with Crippen LogP contribution >= 0.6 is 24.0 Å². The Morgan fingerprint density at radius 2 is 2.19 bits per heavy atom. The largest absolute Gasteiger partial charge is 0.548 e. The van der Waals surface area contributed by atoms with E-state index >= 15 is 0 Å². The van der Waals surface area contributed by atoms with E-state index in [9.17, 15) is 14.7 Å². The van der Waals surface area contributed by atoms with Crippen molar-refractivity contribution >= 4 is 46.3 Å². The Morgan fingerprint density at radius 1 is 1.48 bits per heavy atom. The Balaban J connectivity index is 2.32. The number of amides is 1. The minimum absolute atomic E-state index is 0.227. The van der Waals surface area contributed by atoms with E-state index in [1.165, 1.54) is 0 Å². The molecule has 1 aliphatic heterocycles. The highest BCUT2D eigenvalue weighted by Crippen LogP contribution is 2.35. The van der Waals surface area contributed by atoms with Crippen LogP contribution in [0.15, 0.2) is 29.3 Å². The average molecular weight is 321 g/mol. The number of rotatable bonds is 4. The van der Waals surface area contributed by atoms with Gasteiger partial charge in [-0.15, -0.1) is 0 Å². The van der Waals surface area contributed by atoms with Crippen LogP contribution in [0.2, 0.25) is 0 Å². The second-order valence-electron chi connectivity index (χ2n) is 4.81. The van der Waals surface area contributed by atoms with Gasteiger partial charge in [0.15, 0.2) is 0 Å². The third-order valence-corrected chi connectivity index (χ3v) is 4.27. The molecule has 2 rings (SSSR count). The van der Waals surface area contributed by atoms with E-state index in [2.05, 4.69) is 4.98 Å². The van der Waals surface area contributed by atoms with Gasteiger partial charge in [-0.3, -0.25) is 14.7 Å². The third-order valence-electron chi connectivity index (χ3n) is 2.94. The molecule has 0 aliphatic carbocycles. The van der Waals surface area contributed by atoms with Crippen molar-refractivity contribution in [3.63, 3.8) is 0 Å². The van der Waals surface area contributed by atoms with E-state index in [0.717, 1.165) is 16.7 Å². The van der Waals surface area contributed by atoms with E-state index < -0.39 is 17.9 Å². The van der Waals surface area contributed by atoms with Crippen LogP contribution in [0, 0.1) is 5.92 Å². The summed E-state index contributed by atoms with van der Waals surface area (Å²) >= 11 is 6.22. The van der Waals surface area contributed by atoms with E-state index in [-0.39, 0.29) is 10.2 Å². The summed E-state index contributed by atoms with van der Waals surface area (Å²) in [5.41, 5.74) is 0.618. The number of hydrogen-bond acceptors (Lipinski definition) is 6. The zero-order chi connectivity index (χ0) is 15.6. The highest BCUT2D eigenvalue weighted by Gasteiger charge is 2.39. The summed E-state index contributed by atoms with van der Waals surface area (Å²) in [6.45, 7) is 3.42. The van der Waals surface area contributed by atoms with Crippen LogP contribution in [-0.4, -0.2) is 32.1 Å². The van der Waals surface area contributed by atoms with Gasteiger partial charge >= 0.3 is 0 Å². The Bertz CT molecular complexity index is 614. The van der Waals surface area contributed by atoms with Crippen LogP contribution in [-0.2, 0) is 9.59 Å². The van der Waals surface area contributed by atoms with Crippen molar-refractivity contribution < 1.29 is 14.7 Å². The molecule has 2 heterocycles. The van der Waals surface area contributed by atoms with Gasteiger partial charge in [0, 0.05) is 6.20 Å². The first kappa shape index (κ1) is 15.7. The summed E-state index contributed by atoms with van der Waals surface area (Å²) in [5, 5.41) is 11.3. The SMILES string of the molecule is CC(C)[C@H](C(=O)[O-])N1C(=O)/C(=C/c2ccccn2)SC1=S. The van der Waals surface area contributed by atoms with Gasteiger partial charge in [-0.25, -0.2) is 0 Å². The summed E-state index contributed by atoms with van der Waals surface area (Å²) in [5.74, 6) is -2.02. The number of carbonyl (C=O) groups is 2. The van der Waals surface area contributed by atoms with Crippen molar-refractivity contribution in [3.05, 3.63) is 35.0 Å². The zero-order valence-electron chi connectivity index (χ0n) is 11.5. The van der Waals surface area contributed by atoms with Crippen LogP contribution in [0.5, 0.6) is 0 Å². The predicted molar refractivity (Wildman–Crippen MR) is 82.9 cm³/mol. The molecule has 1 amide bonds. The van der Waals surface area contributed by atoms with Gasteiger partial charge in [0.2, 0.25) is 0 Å². The summed E-state index contributed by atoms with van der Waals surface area (Å²) in [6.07, 6.45) is 3.22. The molecule has 0 radical (unpaired) electrons. The van der Waals surface area contributed by atoms with E-state index in [0.29, 0.717) is 10.6 Å². The van der Waals surface area contributed by atoms with Gasteiger partial charge in [0.05, 0.1) is 22.6 Å². The quantitative estimate of drug-likeness (QED) is 0.610. The molecule has 21 heavy (non-hydrogen) atoms. The lowest BCUT2D eigenvalue weighted by Gasteiger charge is -2.30. The number of hydrogen-bond donors (Lipinski definition) is 0. The van der Waals surface area contributed by atoms with Gasteiger partial charge in [0.25, 0.3) is 5.91 Å². The molecule has 1 aromatic heterocycles. The fourth-order valence-electron chi connectivity index (χ4n) is 1.99. The summed E-state index contributed by atoms with van der Waals surface area (Å²) in [7, 11) is 0. The molecular weight excluding hydrogens is 308 g/mol. The molecule has 0 aromatic carbocycles. The minimum Gasteiger partial charge on any atom is -0.548 e. The average Bonchev–Trinajstić information content (AvgIpc) is 2.67. The molecule has 110 valence electrons. The van der Waals surface area contributed by atoms with Crippen LogP contribution < -0.4 is 5.11 Å². The van der Waals surface area contributed by atoms with Crippen LogP contribution in [0.25, 0.3) is 6.08 Å². The molecule has 1 fully saturated rings. The van der Waals surface area contributed by atoms with Crippen molar-refractivity contribution in [1.82, 2.24) is 9.88 Å². The maximum atomic E-state index is 12.4. The first-order valence-corrected chi connectivity index (χ1v) is 7.53. The van der Waals surface area contributed by atoms with Gasteiger partial charge in [-0.05, 0) is 24.1 Å². The van der Waals surface area contributed by atoms with E-state index in [1.807, 2.05) is 0 Å². The van der Waals surface area contributed by atoms with Gasteiger partial charge in [-0.2, -0.15) is 0 Å². The zero-order valence-corrected chi connectivity index (χ0v) is 13.1. The number of carboxylic acid groups (broad SMARTS) is 1. The molecule has 0 N–H and O–H groups in total. The van der Waals surface area contributed by atoms with Crippen molar-refractivity contribution in [1.29, 1.82) is 0 Å². The topological polar surface area (TPSA) is 73.3 Å². The monoisotopic (exact) mass is 321 g/mol. The number of carbonyl (C=O) groups excluding carboxylic acids is 2. The summed E-state index contributed by atoms with van der Waals surface area (Å²) in [4.78, 5) is 29.3. The molecule has 0 saturated carbocycles. The number of aromatic nitrogens is 1. The molecule has 1 aromatic rings. The first-order chi connectivity index (χ1) is 9.91. The molecule has 1 saturated heterocycles. The Kier molecular flexibility index (Phi) is 4.74. The van der Waals surface area contributed by atoms with Crippen molar-refractivity contribution in [2.24, 2.45) is 5.92 Å². The fraction of sp³-hybridized carbons (Fsp3) is 0.286. The van der Waals surface area contributed by atoms with Crippen LogP contribution in [0.4, 0.5) is 0 Å². The number of thiocarbonyl (C=S) groups is 1. The fourth-order valence-corrected chi connectivity index (χ4v) is 3.31. The molecule has 5 nitrogen and oxygen atoms in total. The Morgan fingerprint density at radius 3 is 2.71 bits per heavy atom.